The standard InChI is InChI=1S/C19H17ClN2O3S/c1-12-6-7-14-9-15(19(20)21-18(14)13(12)2)10-25-17(23)11-26-16-5-3-4-8-22(16)24/h3-9H,10-11H2,1-2H3. The second-order valence-electron chi connectivity index (χ2n) is 5.83. The molecule has 0 aliphatic carbocycles. The van der Waals surface area contributed by atoms with Crippen LogP contribution in [0.1, 0.15) is 16.7 Å². The van der Waals surface area contributed by atoms with Crippen LogP contribution in [0.4, 0.5) is 0 Å². The number of rotatable bonds is 5. The first-order valence-corrected chi connectivity index (χ1v) is 9.34. The molecule has 5 nitrogen and oxygen atoms in total. The number of fused-ring (bicyclic) bond motifs is 1. The third-order valence-corrected chi connectivity index (χ3v) is 5.37. The molecule has 3 aromatic rings. The lowest BCUT2D eigenvalue weighted by Gasteiger charge is -2.10. The molecule has 7 heteroatoms. The van der Waals surface area contributed by atoms with Crippen LogP contribution >= 0.6 is 23.4 Å². The number of carbonyl (C=O) groups is 1. The molecule has 0 unspecified atom stereocenters. The van der Waals surface area contributed by atoms with Gasteiger partial charge in [-0.05, 0) is 48.9 Å². The van der Waals surface area contributed by atoms with Crippen molar-refractivity contribution in [3.05, 3.63) is 69.6 Å². The van der Waals surface area contributed by atoms with E-state index in [9.17, 15) is 10.0 Å². The minimum absolute atomic E-state index is 0.0419. The lowest BCUT2D eigenvalue weighted by atomic mass is 10.0. The van der Waals surface area contributed by atoms with Crippen LogP contribution in [0.2, 0.25) is 5.15 Å². The number of aryl methyl sites for hydroxylation is 2. The molecular formula is C19H17ClN2O3S. The number of esters is 1. The van der Waals surface area contributed by atoms with Crippen molar-refractivity contribution in [2.45, 2.75) is 25.5 Å². The fraction of sp³-hybridized carbons (Fsp3) is 0.211. The summed E-state index contributed by atoms with van der Waals surface area (Å²) in [4.78, 5) is 16.4. The van der Waals surface area contributed by atoms with E-state index in [2.05, 4.69) is 4.98 Å². The van der Waals surface area contributed by atoms with Crippen LogP contribution in [-0.4, -0.2) is 16.7 Å². The average molecular weight is 389 g/mol. The Balaban J connectivity index is 1.66. The van der Waals surface area contributed by atoms with Gasteiger partial charge in [-0.1, -0.05) is 23.7 Å². The van der Waals surface area contributed by atoms with E-state index in [1.54, 1.807) is 18.2 Å². The largest absolute Gasteiger partial charge is 0.618 e. The molecule has 3 rings (SSSR count). The van der Waals surface area contributed by atoms with Crippen molar-refractivity contribution in [2.24, 2.45) is 0 Å². The van der Waals surface area contributed by atoms with E-state index in [0.29, 0.717) is 20.5 Å². The highest BCUT2D eigenvalue weighted by molar-refractivity contribution is 7.99. The molecule has 2 heterocycles. The molecule has 1 aromatic carbocycles. The Kier molecular flexibility index (Phi) is 5.64. The minimum Gasteiger partial charge on any atom is -0.618 e. The van der Waals surface area contributed by atoms with Crippen molar-refractivity contribution >= 4 is 40.2 Å². The fourth-order valence-electron chi connectivity index (χ4n) is 2.46. The molecule has 0 aliphatic heterocycles. The molecule has 0 fully saturated rings. The summed E-state index contributed by atoms with van der Waals surface area (Å²) in [5, 5.41) is 13.3. The lowest BCUT2D eigenvalue weighted by Crippen LogP contribution is -2.28. The van der Waals surface area contributed by atoms with Gasteiger partial charge in [-0.25, -0.2) is 4.98 Å². The zero-order valence-corrected chi connectivity index (χ0v) is 15.9. The number of ether oxygens (including phenoxy) is 1. The molecule has 134 valence electrons. The van der Waals surface area contributed by atoms with E-state index in [1.165, 1.54) is 6.20 Å². The highest BCUT2D eigenvalue weighted by atomic mass is 35.5. The normalized spacial score (nSPS) is 10.9. The highest BCUT2D eigenvalue weighted by Gasteiger charge is 2.13. The predicted octanol–water partition coefficient (Wildman–Crippen LogP) is 3.97. The number of halogens is 1. The Hall–Kier alpha value is -2.31. The Morgan fingerprint density at radius 2 is 2.12 bits per heavy atom. The molecule has 0 aliphatic rings. The summed E-state index contributed by atoms with van der Waals surface area (Å²) in [6.45, 7) is 4.07. The van der Waals surface area contributed by atoms with Crippen LogP contribution in [0, 0.1) is 19.1 Å². The zero-order valence-electron chi connectivity index (χ0n) is 14.4. The van der Waals surface area contributed by atoms with E-state index in [-0.39, 0.29) is 12.4 Å². The van der Waals surface area contributed by atoms with Crippen LogP contribution in [-0.2, 0) is 16.1 Å². The molecule has 0 spiro atoms. The number of carbonyl (C=O) groups excluding carboxylic acids is 1. The summed E-state index contributed by atoms with van der Waals surface area (Å²) in [5.74, 6) is -0.376. The number of benzene rings is 1. The minimum atomic E-state index is -0.421. The SMILES string of the molecule is Cc1ccc2cc(COC(=O)CSc3cccc[n+]3[O-])c(Cl)nc2c1C. The molecular weight excluding hydrogens is 372 g/mol. The third kappa shape index (κ3) is 4.08. The Morgan fingerprint density at radius 3 is 2.88 bits per heavy atom. The Labute approximate surface area is 160 Å². The van der Waals surface area contributed by atoms with E-state index >= 15 is 0 Å². The van der Waals surface area contributed by atoms with Crippen molar-refractivity contribution in [1.29, 1.82) is 0 Å². The third-order valence-electron chi connectivity index (χ3n) is 4.05. The maximum Gasteiger partial charge on any atom is 0.316 e. The summed E-state index contributed by atoms with van der Waals surface area (Å²) < 4.78 is 5.99. The lowest BCUT2D eigenvalue weighted by molar-refractivity contribution is -0.645. The van der Waals surface area contributed by atoms with Gasteiger partial charge in [0.15, 0.2) is 6.20 Å². The van der Waals surface area contributed by atoms with E-state index in [1.807, 2.05) is 32.0 Å². The second-order valence-corrected chi connectivity index (χ2v) is 7.19. The fourth-order valence-corrected chi connectivity index (χ4v) is 3.37. The monoisotopic (exact) mass is 388 g/mol. The quantitative estimate of drug-likeness (QED) is 0.217. The maximum absolute atomic E-state index is 12.0. The Bertz CT molecular complexity index is 978. The number of hydrogen-bond donors (Lipinski definition) is 0. The van der Waals surface area contributed by atoms with Gasteiger partial charge in [0.2, 0.25) is 0 Å². The molecule has 2 aromatic heterocycles. The van der Waals surface area contributed by atoms with Crippen LogP contribution in [0.3, 0.4) is 0 Å². The number of nitrogens with zero attached hydrogens (tertiary/aromatic N) is 2. The molecule has 0 saturated heterocycles. The molecule has 0 saturated carbocycles. The van der Waals surface area contributed by atoms with Crippen LogP contribution in [0.5, 0.6) is 0 Å². The summed E-state index contributed by atoms with van der Waals surface area (Å²) >= 11 is 7.38. The molecule has 0 amide bonds. The van der Waals surface area contributed by atoms with Crippen LogP contribution in [0.25, 0.3) is 10.9 Å². The molecule has 0 atom stereocenters. The van der Waals surface area contributed by atoms with E-state index in [4.69, 9.17) is 16.3 Å². The Morgan fingerprint density at radius 1 is 1.31 bits per heavy atom. The first kappa shape index (κ1) is 18.5. The van der Waals surface area contributed by atoms with Gasteiger partial charge < -0.3 is 9.94 Å². The first-order chi connectivity index (χ1) is 12.5. The van der Waals surface area contributed by atoms with Gasteiger partial charge in [-0.15, -0.1) is 0 Å². The average Bonchev–Trinajstić information content (AvgIpc) is 2.63. The first-order valence-electron chi connectivity index (χ1n) is 7.97. The van der Waals surface area contributed by atoms with Gasteiger partial charge in [-0.3, -0.25) is 4.79 Å². The van der Waals surface area contributed by atoms with Gasteiger partial charge in [0.25, 0.3) is 5.03 Å². The van der Waals surface area contributed by atoms with Gasteiger partial charge in [0.1, 0.15) is 17.5 Å². The summed E-state index contributed by atoms with van der Waals surface area (Å²) in [5.41, 5.74) is 3.73. The second kappa shape index (κ2) is 7.93. The van der Waals surface area contributed by atoms with Crippen LogP contribution < -0.4 is 4.73 Å². The number of aromatic nitrogens is 2. The summed E-state index contributed by atoms with van der Waals surface area (Å²) in [6, 6.07) is 10.9. The van der Waals surface area contributed by atoms with Crippen molar-refractivity contribution in [1.82, 2.24) is 4.98 Å². The molecule has 0 radical (unpaired) electrons. The van der Waals surface area contributed by atoms with E-state index in [0.717, 1.165) is 33.8 Å². The zero-order chi connectivity index (χ0) is 18.7. The number of hydrogen-bond acceptors (Lipinski definition) is 5. The molecule has 26 heavy (non-hydrogen) atoms. The van der Waals surface area contributed by atoms with Gasteiger partial charge in [-0.2, -0.15) is 4.73 Å². The predicted molar refractivity (Wildman–Crippen MR) is 102 cm³/mol. The van der Waals surface area contributed by atoms with Crippen molar-refractivity contribution in [3.63, 3.8) is 0 Å². The number of thioether (sulfide) groups is 1. The van der Waals surface area contributed by atoms with Gasteiger partial charge in [0, 0.05) is 23.1 Å². The van der Waals surface area contributed by atoms with Gasteiger partial charge >= 0.3 is 5.97 Å². The molecule has 0 bridgehead atoms. The smallest absolute Gasteiger partial charge is 0.316 e. The van der Waals surface area contributed by atoms with Gasteiger partial charge in [0.05, 0.1) is 5.52 Å². The summed E-state index contributed by atoms with van der Waals surface area (Å²) in [6.07, 6.45) is 1.39. The molecule has 0 N–H and O–H groups in total. The van der Waals surface area contributed by atoms with Crippen LogP contribution in [0.15, 0.2) is 47.6 Å². The highest BCUT2D eigenvalue weighted by Crippen LogP contribution is 2.25. The van der Waals surface area contributed by atoms with Crippen molar-refractivity contribution in [3.8, 4) is 0 Å². The van der Waals surface area contributed by atoms with Crippen molar-refractivity contribution < 1.29 is 14.3 Å². The van der Waals surface area contributed by atoms with E-state index < -0.39 is 5.97 Å². The maximum atomic E-state index is 12.0. The van der Waals surface area contributed by atoms with Crippen molar-refractivity contribution in [2.75, 3.05) is 5.75 Å². The summed E-state index contributed by atoms with van der Waals surface area (Å²) in [7, 11) is 0. The topological polar surface area (TPSA) is 66.1 Å². The number of pyridine rings is 2.